The molecule has 1 aromatic carbocycles. The van der Waals surface area contributed by atoms with E-state index in [4.69, 9.17) is 0 Å². The van der Waals surface area contributed by atoms with Gasteiger partial charge in [-0.25, -0.2) is 0 Å². The molecule has 1 N–H and O–H groups in total. The number of hydrogen-bond acceptors (Lipinski definition) is 2. The van der Waals surface area contributed by atoms with Gasteiger partial charge in [0.05, 0.1) is 5.69 Å². The van der Waals surface area contributed by atoms with Crippen molar-refractivity contribution in [1.82, 2.24) is 10.3 Å². The van der Waals surface area contributed by atoms with Gasteiger partial charge in [-0.3, -0.25) is 4.98 Å². The molecule has 0 unspecified atom stereocenters. The molecule has 0 aliphatic heterocycles. The van der Waals surface area contributed by atoms with Crippen LogP contribution in [0.1, 0.15) is 19.4 Å². The zero-order valence-electron chi connectivity index (χ0n) is 11.1. The van der Waals surface area contributed by atoms with E-state index in [0.29, 0.717) is 5.92 Å². The third kappa shape index (κ3) is 3.67. The molecular formula is C16H20N2. The van der Waals surface area contributed by atoms with Gasteiger partial charge in [0.25, 0.3) is 0 Å². The van der Waals surface area contributed by atoms with Gasteiger partial charge in [-0.2, -0.15) is 0 Å². The average Bonchev–Trinajstić information content (AvgIpc) is 2.40. The molecule has 2 aromatic rings. The van der Waals surface area contributed by atoms with Gasteiger partial charge in [0.2, 0.25) is 0 Å². The van der Waals surface area contributed by atoms with Crippen molar-refractivity contribution in [2.24, 2.45) is 5.92 Å². The predicted octanol–water partition coefficient (Wildman–Crippen LogP) is 3.49. The highest BCUT2D eigenvalue weighted by Gasteiger charge is 2.00. The summed E-state index contributed by atoms with van der Waals surface area (Å²) in [5.41, 5.74) is 3.52. The smallest absolute Gasteiger partial charge is 0.0702 e. The molecule has 0 saturated carbocycles. The topological polar surface area (TPSA) is 24.9 Å². The fourth-order valence-corrected chi connectivity index (χ4v) is 1.88. The minimum Gasteiger partial charge on any atom is -0.312 e. The quantitative estimate of drug-likeness (QED) is 0.865. The fraction of sp³-hybridized carbons (Fsp3) is 0.312. The van der Waals surface area contributed by atoms with E-state index < -0.39 is 0 Å². The molecule has 0 fully saturated rings. The Morgan fingerprint density at radius 2 is 2.00 bits per heavy atom. The van der Waals surface area contributed by atoms with E-state index in [-0.39, 0.29) is 0 Å². The van der Waals surface area contributed by atoms with Crippen LogP contribution >= 0.6 is 0 Å². The van der Waals surface area contributed by atoms with Crippen LogP contribution in [0, 0.1) is 5.92 Å². The van der Waals surface area contributed by atoms with Crippen molar-refractivity contribution in [2.75, 3.05) is 6.54 Å². The van der Waals surface area contributed by atoms with Gasteiger partial charge in [0, 0.05) is 18.3 Å². The third-order valence-electron chi connectivity index (χ3n) is 2.77. The lowest BCUT2D eigenvalue weighted by molar-refractivity contribution is 0.552. The molecular weight excluding hydrogens is 220 g/mol. The predicted molar refractivity (Wildman–Crippen MR) is 76.2 cm³/mol. The monoisotopic (exact) mass is 240 g/mol. The zero-order chi connectivity index (χ0) is 12.8. The van der Waals surface area contributed by atoms with Crippen molar-refractivity contribution in [3.63, 3.8) is 0 Å². The molecule has 2 rings (SSSR count). The summed E-state index contributed by atoms with van der Waals surface area (Å²) < 4.78 is 0. The molecule has 2 heteroatoms. The lowest BCUT2D eigenvalue weighted by atomic mass is 10.1. The molecule has 1 aromatic heterocycles. The first-order chi connectivity index (χ1) is 8.75. The van der Waals surface area contributed by atoms with Gasteiger partial charge in [-0.05, 0) is 36.2 Å². The van der Waals surface area contributed by atoms with E-state index in [0.717, 1.165) is 18.8 Å². The first kappa shape index (κ1) is 12.8. The number of nitrogens with one attached hydrogen (secondary N) is 1. The lowest BCUT2D eigenvalue weighted by Crippen LogP contribution is -2.18. The second-order valence-electron chi connectivity index (χ2n) is 4.94. The Kier molecular flexibility index (Phi) is 4.48. The van der Waals surface area contributed by atoms with E-state index in [2.05, 4.69) is 48.4 Å². The normalized spacial score (nSPS) is 10.8. The molecule has 0 atom stereocenters. The molecule has 18 heavy (non-hydrogen) atoms. The van der Waals surface area contributed by atoms with E-state index in [9.17, 15) is 0 Å². The van der Waals surface area contributed by atoms with E-state index in [1.165, 1.54) is 11.1 Å². The number of hydrogen-bond donors (Lipinski definition) is 1. The van der Waals surface area contributed by atoms with E-state index >= 15 is 0 Å². The summed E-state index contributed by atoms with van der Waals surface area (Å²) in [6.07, 6.45) is 1.83. The van der Waals surface area contributed by atoms with Crippen LogP contribution in [0.3, 0.4) is 0 Å². The maximum atomic E-state index is 4.38. The van der Waals surface area contributed by atoms with E-state index in [1.807, 2.05) is 24.4 Å². The van der Waals surface area contributed by atoms with Crippen LogP contribution in [0.25, 0.3) is 11.3 Å². The SMILES string of the molecule is CC(C)CNCc1cccc(-c2ccccn2)c1. The standard InChI is InChI=1S/C16H20N2/c1-13(2)11-17-12-14-6-5-7-15(10-14)16-8-3-4-9-18-16/h3-10,13,17H,11-12H2,1-2H3. The van der Waals surface area contributed by atoms with Crippen molar-refractivity contribution < 1.29 is 0 Å². The van der Waals surface area contributed by atoms with Gasteiger partial charge in [-0.15, -0.1) is 0 Å². The highest BCUT2D eigenvalue weighted by Crippen LogP contribution is 2.17. The van der Waals surface area contributed by atoms with Crippen molar-refractivity contribution in [3.05, 3.63) is 54.2 Å². The first-order valence-electron chi connectivity index (χ1n) is 6.47. The van der Waals surface area contributed by atoms with Crippen molar-refractivity contribution >= 4 is 0 Å². The number of rotatable bonds is 5. The Balaban J connectivity index is 2.06. The van der Waals surface area contributed by atoms with Crippen LogP contribution in [0.5, 0.6) is 0 Å². The second-order valence-corrected chi connectivity index (χ2v) is 4.94. The molecule has 2 nitrogen and oxygen atoms in total. The Hall–Kier alpha value is -1.67. The lowest BCUT2D eigenvalue weighted by Gasteiger charge is -2.08. The van der Waals surface area contributed by atoms with Crippen LogP contribution in [-0.2, 0) is 6.54 Å². The molecule has 0 spiro atoms. The molecule has 0 saturated heterocycles. The summed E-state index contributed by atoms with van der Waals surface area (Å²) in [6, 6.07) is 14.6. The number of pyridine rings is 1. The van der Waals surface area contributed by atoms with Crippen LogP contribution in [0.15, 0.2) is 48.7 Å². The molecule has 0 aliphatic rings. The Morgan fingerprint density at radius 1 is 1.11 bits per heavy atom. The largest absolute Gasteiger partial charge is 0.312 e. The zero-order valence-corrected chi connectivity index (χ0v) is 11.1. The molecule has 94 valence electrons. The molecule has 0 radical (unpaired) electrons. The first-order valence-corrected chi connectivity index (χ1v) is 6.47. The summed E-state index contributed by atoms with van der Waals surface area (Å²) in [5.74, 6) is 0.684. The average molecular weight is 240 g/mol. The van der Waals surface area contributed by atoms with Gasteiger partial charge in [0.15, 0.2) is 0 Å². The Bertz CT molecular complexity index is 477. The van der Waals surface area contributed by atoms with Crippen LogP contribution in [-0.4, -0.2) is 11.5 Å². The fourth-order valence-electron chi connectivity index (χ4n) is 1.88. The minimum absolute atomic E-state index is 0.684. The van der Waals surface area contributed by atoms with Gasteiger partial charge in [-0.1, -0.05) is 38.1 Å². The summed E-state index contributed by atoms with van der Waals surface area (Å²) >= 11 is 0. The van der Waals surface area contributed by atoms with Crippen LogP contribution < -0.4 is 5.32 Å². The van der Waals surface area contributed by atoms with E-state index in [1.54, 1.807) is 0 Å². The molecule has 0 bridgehead atoms. The summed E-state index contributed by atoms with van der Waals surface area (Å²) in [4.78, 5) is 4.38. The third-order valence-corrected chi connectivity index (χ3v) is 2.77. The summed E-state index contributed by atoms with van der Waals surface area (Å²) in [6.45, 7) is 6.40. The van der Waals surface area contributed by atoms with Crippen molar-refractivity contribution in [1.29, 1.82) is 0 Å². The Morgan fingerprint density at radius 3 is 2.72 bits per heavy atom. The second kappa shape index (κ2) is 6.31. The van der Waals surface area contributed by atoms with Gasteiger partial charge < -0.3 is 5.32 Å². The molecule has 0 amide bonds. The summed E-state index contributed by atoms with van der Waals surface area (Å²) in [7, 11) is 0. The van der Waals surface area contributed by atoms with Crippen LogP contribution in [0.4, 0.5) is 0 Å². The number of benzene rings is 1. The molecule has 1 heterocycles. The van der Waals surface area contributed by atoms with Gasteiger partial charge in [0.1, 0.15) is 0 Å². The number of aromatic nitrogens is 1. The molecule has 0 aliphatic carbocycles. The van der Waals surface area contributed by atoms with Crippen molar-refractivity contribution in [3.8, 4) is 11.3 Å². The maximum Gasteiger partial charge on any atom is 0.0702 e. The van der Waals surface area contributed by atoms with Crippen molar-refractivity contribution in [2.45, 2.75) is 20.4 Å². The summed E-state index contributed by atoms with van der Waals surface area (Å²) in [5, 5.41) is 3.46. The highest BCUT2D eigenvalue weighted by atomic mass is 14.8. The van der Waals surface area contributed by atoms with Crippen LogP contribution in [0.2, 0.25) is 0 Å². The maximum absolute atomic E-state index is 4.38. The van der Waals surface area contributed by atoms with Gasteiger partial charge >= 0.3 is 0 Å². The highest BCUT2D eigenvalue weighted by molar-refractivity contribution is 5.59. The number of nitrogens with zero attached hydrogens (tertiary/aromatic N) is 1. The Labute approximate surface area is 109 Å². The minimum atomic E-state index is 0.684.